The lowest BCUT2D eigenvalue weighted by atomic mass is 10.2. The van der Waals surface area contributed by atoms with Crippen LogP contribution >= 0.6 is 0 Å². The van der Waals surface area contributed by atoms with Crippen molar-refractivity contribution in [3.63, 3.8) is 0 Å². The monoisotopic (exact) mass is 266 g/mol. The van der Waals surface area contributed by atoms with Gasteiger partial charge in [0.15, 0.2) is 0 Å². The van der Waals surface area contributed by atoms with Crippen LogP contribution in [0, 0.1) is 25.2 Å². The van der Waals surface area contributed by atoms with Crippen LogP contribution in [0.5, 0.6) is 0 Å². The predicted molar refractivity (Wildman–Crippen MR) is 83.0 cm³/mol. The number of aryl methyl sites for hydroxylation is 1. The normalized spacial score (nSPS) is 10.8. The van der Waals surface area contributed by atoms with Crippen molar-refractivity contribution in [3.05, 3.63) is 46.6 Å². The van der Waals surface area contributed by atoms with E-state index in [2.05, 4.69) is 16.0 Å². The van der Waals surface area contributed by atoms with Gasteiger partial charge in [0, 0.05) is 31.7 Å². The molecule has 1 N–H and O–H groups in total. The molecule has 1 heterocycles. The Balaban J connectivity index is 2.26. The highest BCUT2D eigenvalue weighted by Gasteiger charge is 2.09. The van der Waals surface area contributed by atoms with Crippen molar-refractivity contribution in [2.45, 2.75) is 13.8 Å². The lowest BCUT2D eigenvalue weighted by Crippen LogP contribution is -2.08. The van der Waals surface area contributed by atoms with Gasteiger partial charge < -0.3 is 9.88 Å². The first-order valence-corrected chi connectivity index (χ1v) is 6.43. The van der Waals surface area contributed by atoms with Crippen LogP contribution in [0.4, 0.5) is 11.5 Å². The summed E-state index contributed by atoms with van der Waals surface area (Å²) in [5.41, 5.74) is 4.71. The first-order valence-electron chi connectivity index (χ1n) is 6.43. The van der Waals surface area contributed by atoms with Gasteiger partial charge in [0.2, 0.25) is 0 Å². The van der Waals surface area contributed by atoms with Crippen LogP contribution in [-0.2, 0) is 0 Å². The second-order valence-corrected chi connectivity index (χ2v) is 4.95. The maximum atomic E-state index is 9.16. The maximum Gasteiger partial charge on any atom is 0.148 e. The molecule has 0 spiro atoms. The predicted octanol–water partition coefficient (Wildman–Crippen LogP) is 3.32. The maximum absolute atomic E-state index is 9.16. The van der Waals surface area contributed by atoms with Crippen molar-refractivity contribution in [2.24, 2.45) is 4.99 Å². The van der Waals surface area contributed by atoms with Crippen LogP contribution in [-0.4, -0.2) is 25.3 Å². The molecule has 0 saturated carbocycles. The summed E-state index contributed by atoms with van der Waals surface area (Å²) in [6.45, 7) is 3.87. The van der Waals surface area contributed by atoms with Crippen molar-refractivity contribution in [3.8, 4) is 6.07 Å². The van der Waals surface area contributed by atoms with Gasteiger partial charge in [-0.3, -0.25) is 0 Å². The van der Waals surface area contributed by atoms with Gasteiger partial charge in [-0.2, -0.15) is 5.26 Å². The van der Waals surface area contributed by atoms with E-state index < -0.39 is 0 Å². The molecule has 0 aliphatic rings. The van der Waals surface area contributed by atoms with Crippen molar-refractivity contribution in [1.29, 1.82) is 5.26 Å². The minimum atomic E-state index is 0.615. The number of aromatic amines is 1. The van der Waals surface area contributed by atoms with Crippen LogP contribution in [0.1, 0.15) is 22.4 Å². The van der Waals surface area contributed by atoms with E-state index in [0.717, 1.165) is 22.5 Å². The zero-order valence-corrected chi connectivity index (χ0v) is 12.2. The van der Waals surface area contributed by atoms with Crippen molar-refractivity contribution >= 4 is 17.7 Å². The molecule has 0 fully saturated rings. The molecule has 0 unspecified atom stereocenters. The number of rotatable bonds is 3. The molecule has 0 radical (unpaired) electrons. The van der Waals surface area contributed by atoms with E-state index in [1.807, 2.05) is 57.1 Å². The quantitative estimate of drug-likeness (QED) is 0.866. The zero-order chi connectivity index (χ0) is 14.7. The third kappa shape index (κ3) is 2.72. The summed E-state index contributed by atoms with van der Waals surface area (Å²) in [5, 5.41) is 9.16. The third-order valence-electron chi connectivity index (χ3n) is 3.34. The van der Waals surface area contributed by atoms with Crippen molar-refractivity contribution in [1.82, 2.24) is 4.98 Å². The van der Waals surface area contributed by atoms with Gasteiger partial charge >= 0.3 is 0 Å². The standard InChI is InChI=1S/C16H18N4/c1-11-12(2)19-16(15(11)9-17)18-10-13-5-7-14(8-6-13)20(3)4/h5-8,10,19H,1-4H3. The second-order valence-electron chi connectivity index (χ2n) is 4.95. The molecular weight excluding hydrogens is 248 g/mol. The fourth-order valence-corrected chi connectivity index (χ4v) is 1.93. The lowest BCUT2D eigenvalue weighted by molar-refractivity contribution is 1.13. The Hall–Kier alpha value is -2.54. The van der Waals surface area contributed by atoms with E-state index >= 15 is 0 Å². The summed E-state index contributed by atoms with van der Waals surface area (Å²) in [5.74, 6) is 0.624. The molecular formula is C16H18N4. The Morgan fingerprint density at radius 2 is 1.85 bits per heavy atom. The number of aromatic nitrogens is 1. The number of aliphatic imine (C=N–C) groups is 1. The van der Waals surface area contributed by atoms with E-state index in [1.54, 1.807) is 6.21 Å². The number of anilines is 1. The molecule has 1 aromatic carbocycles. The van der Waals surface area contributed by atoms with E-state index in [9.17, 15) is 0 Å². The zero-order valence-electron chi connectivity index (χ0n) is 12.2. The minimum Gasteiger partial charge on any atom is -0.378 e. The smallest absolute Gasteiger partial charge is 0.148 e. The number of nitrogens with zero attached hydrogens (tertiary/aromatic N) is 3. The Morgan fingerprint density at radius 1 is 1.20 bits per heavy atom. The highest BCUT2D eigenvalue weighted by atomic mass is 15.1. The SMILES string of the molecule is Cc1[nH]c(N=Cc2ccc(N(C)C)cc2)c(C#N)c1C. The van der Waals surface area contributed by atoms with E-state index in [1.165, 1.54) is 0 Å². The number of nitriles is 1. The molecule has 0 amide bonds. The number of hydrogen-bond acceptors (Lipinski definition) is 3. The fraction of sp³-hybridized carbons (Fsp3) is 0.250. The van der Waals surface area contributed by atoms with Crippen LogP contribution in [0.3, 0.4) is 0 Å². The largest absolute Gasteiger partial charge is 0.378 e. The topological polar surface area (TPSA) is 55.2 Å². The first kappa shape index (κ1) is 13.9. The summed E-state index contributed by atoms with van der Waals surface area (Å²) in [7, 11) is 4.01. The summed E-state index contributed by atoms with van der Waals surface area (Å²) in [6.07, 6.45) is 1.77. The molecule has 4 nitrogen and oxygen atoms in total. The summed E-state index contributed by atoms with van der Waals surface area (Å²) < 4.78 is 0. The first-order chi connectivity index (χ1) is 9.52. The molecule has 0 aliphatic heterocycles. The van der Waals surface area contributed by atoms with Crippen LogP contribution in [0.2, 0.25) is 0 Å². The number of benzene rings is 1. The summed E-state index contributed by atoms with van der Waals surface area (Å²) >= 11 is 0. The van der Waals surface area contributed by atoms with Crippen LogP contribution in [0.15, 0.2) is 29.3 Å². The summed E-state index contributed by atoms with van der Waals surface area (Å²) in [6, 6.07) is 10.3. The van der Waals surface area contributed by atoms with Gasteiger partial charge in [-0.05, 0) is 37.1 Å². The highest BCUT2D eigenvalue weighted by Crippen LogP contribution is 2.23. The van der Waals surface area contributed by atoms with E-state index in [0.29, 0.717) is 11.4 Å². The fourth-order valence-electron chi connectivity index (χ4n) is 1.93. The van der Waals surface area contributed by atoms with Gasteiger partial charge in [-0.25, -0.2) is 4.99 Å². The van der Waals surface area contributed by atoms with Gasteiger partial charge in [0.1, 0.15) is 11.9 Å². The molecule has 0 saturated heterocycles. The molecule has 2 rings (SSSR count). The molecule has 0 aliphatic carbocycles. The minimum absolute atomic E-state index is 0.615. The highest BCUT2D eigenvalue weighted by molar-refractivity contribution is 5.83. The Morgan fingerprint density at radius 3 is 2.40 bits per heavy atom. The molecule has 102 valence electrons. The molecule has 1 aromatic heterocycles. The molecule has 0 atom stereocenters. The molecule has 2 aromatic rings. The van der Waals surface area contributed by atoms with E-state index in [-0.39, 0.29) is 0 Å². The lowest BCUT2D eigenvalue weighted by Gasteiger charge is -2.11. The van der Waals surface area contributed by atoms with Gasteiger partial charge in [-0.1, -0.05) is 12.1 Å². The van der Waals surface area contributed by atoms with Gasteiger partial charge in [0.25, 0.3) is 0 Å². The van der Waals surface area contributed by atoms with Crippen molar-refractivity contribution in [2.75, 3.05) is 19.0 Å². The average Bonchev–Trinajstić information content (AvgIpc) is 2.71. The number of H-pyrrole nitrogens is 1. The second kappa shape index (κ2) is 5.62. The number of nitrogens with one attached hydrogen (secondary N) is 1. The van der Waals surface area contributed by atoms with Gasteiger partial charge in [0.05, 0.1) is 5.56 Å². The molecule has 4 heteroatoms. The van der Waals surface area contributed by atoms with E-state index in [4.69, 9.17) is 5.26 Å². The Kier molecular flexibility index (Phi) is 3.90. The third-order valence-corrected chi connectivity index (χ3v) is 3.34. The number of hydrogen-bond donors (Lipinski definition) is 1. The molecule has 0 bridgehead atoms. The van der Waals surface area contributed by atoms with Gasteiger partial charge in [-0.15, -0.1) is 0 Å². The van der Waals surface area contributed by atoms with Crippen molar-refractivity contribution < 1.29 is 0 Å². The molecule has 20 heavy (non-hydrogen) atoms. The van der Waals surface area contributed by atoms with Crippen LogP contribution in [0.25, 0.3) is 0 Å². The summed E-state index contributed by atoms with van der Waals surface area (Å²) in [4.78, 5) is 9.57. The van der Waals surface area contributed by atoms with Crippen LogP contribution < -0.4 is 4.90 Å². The Bertz CT molecular complexity index is 670. The average molecular weight is 266 g/mol. The Labute approximate surface area is 119 Å².